The van der Waals surface area contributed by atoms with Crippen molar-refractivity contribution in [1.29, 1.82) is 0 Å². The molecule has 1 amide bonds. The van der Waals surface area contributed by atoms with Gasteiger partial charge >= 0.3 is 0 Å². The van der Waals surface area contributed by atoms with E-state index in [0.29, 0.717) is 12.3 Å². The largest absolute Gasteiger partial charge is 0.338 e. The summed E-state index contributed by atoms with van der Waals surface area (Å²) in [6.45, 7) is 9.55. The predicted molar refractivity (Wildman–Crippen MR) is 69.6 cm³/mol. The molecule has 1 heterocycles. The van der Waals surface area contributed by atoms with Crippen molar-refractivity contribution in [2.75, 3.05) is 6.54 Å². The number of amides is 1. The Balaban J connectivity index is 2.14. The van der Waals surface area contributed by atoms with Crippen molar-refractivity contribution in [1.82, 2.24) is 4.90 Å². The Morgan fingerprint density at radius 1 is 1.47 bits per heavy atom. The van der Waals surface area contributed by atoms with Crippen LogP contribution in [0.2, 0.25) is 0 Å². The number of carbonyl (C=O) groups is 1. The molecule has 0 aliphatic carbocycles. The molecule has 1 unspecified atom stereocenters. The first-order valence-corrected chi connectivity index (χ1v) is 6.07. The first-order chi connectivity index (χ1) is 8.11. The minimum Gasteiger partial charge on any atom is -0.338 e. The van der Waals surface area contributed by atoms with Crippen LogP contribution in [0.3, 0.4) is 0 Å². The summed E-state index contributed by atoms with van der Waals surface area (Å²) in [6.07, 6.45) is 2.51. The SMILES string of the molecule is C=CC1CC(=O)N(Cc2cccc(C)c2C)C1. The lowest BCUT2D eigenvalue weighted by Gasteiger charge is -2.18. The molecular weight excluding hydrogens is 210 g/mol. The van der Waals surface area contributed by atoms with Gasteiger partial charge in [0.25, 0.3) is 0 Å². The summed E-state index contributed by atoms with van der Waals surface area (Å²) in [7, 11) is 0. The van der Waals surface area contributed by atoms with Crippen molar-refractivity contribution in [3.05, 3.63) is 47.5 Å². The molecule has 1 fully saturated rings. The van der Waals surface area contributed by atoms with E-state index in [-0.39, 0.29) is 5.91 Å². The molecular formula is C15H19NO. The minimum atomic E-state index is 0.246. The van der Waals surface area contributed by atoms with Gasteiger partial charge in [0.15, 0.2) is 0 Å². The molecule has 1 aromatic carbocycles. The van der Waals surface area contributed by atoms with Gasteiger partial charge in [-0.25, -0.2) is 0 Å². The molecule has 90 valence electrons. The number of hydrogen-bond acceptors (Lipinski definition) is 1. The average molecular weight is 229 g/mol. The highest BCUT2D eigenvalue weighted by molar-refractivity contribution is 5.79. The van der Waals surface area contributed by atoms with Gasteiger partial charge in [-0.05, 0) is 30.5 Å². The molecule has 2 nitrogen and oxygen atoms in total. The normalized spacial score (nSPS) is 19.8. The number of hydrogen-bond donors (Lipinski definition) is 0. The number of likely N-dealkylation sites (tertiary alicyclic amines) is 1. The zero-order valence-electron chi connectivity index (χ0n) is 10.6. The van der Waals surface area contributed by atoms with E-state index in [0.717, 1.165) is 13.1 Å². The van der Waals surface area contributed by atoms with Crippen LogP contribution >= 0.6 is 0 Å². The second kappa shape index (κ2) is 4.74. The summed E-state index contributed by atoms with van der Waals surface area (Å²) in [5.74, 6) is 0.573. The molecule has 17 heavy (non-hydrogen) atoms. The molecule has 0 spiro atoms. The summed E-state index contributed by atoms with van der Waals surface area (Å²) in [6, 6.07) is 6.28. The lowest BCUT2D eigenvalue weighted by atomic mass is 10.0. The van der Waals surface area contributed by atoms with Crippen LogP contribution in [0.1, 0.15) is 23.1 Å². The monoisotopic (exact) mass is 229 g/mol. The van der Waals surface area contributed by atoms with Crippen LogP contribution < -0.4 is 0 Å². The molecule has 2 rings (SSSR count). The molecule has 0 bridgehead atoms. The maximum atomic E-state index is 11.8. The molecule has 1 aliphatic heterocycles. The van der Waals surface area contributed by atoms with Gasteiger partial charge in [-0.3, -0.25) is 4.79 Å². The Hall–Kier alpha value is -1.57. The third-order valence-corrected chi connectivity index (χ3v) is 3.66. The van der Waals surface area contributed by atoms with Crippen molar-refractivity contribution < 1.29 is 4.79 Å². The molecule has 0 aromatic heterocycles. The highest BCUT2D eigenvalue weighted by atomic mass is 16.2. The first kappa shape index (κ1) is 11.9. The predicted octanol–water partition coefficient (Wildman–Crippen LogP) is 2.84. The number of benzene rings is 1. The van der Waals surface area contributed by atoms with Crippen molar-refractivity contribution in [2.45, 2.75) is 26.8 Å². The second-order valence-corrected chi connectivity index (χ2v) is 4.83. The fourth-order valence-corrected chi connectivity index (χ4v) is 2.30. The van der Waals surface area contributed by atoms with Crippen LogP contribution in [-0.4, -0.2) is 17.4 Å². The first-order valence-electron chi connectivity index (χ1n) is 6.07. The van der Waals surface area contributed by atoms with E-state index in [1.54, 1.807) is 0 Å². The Labute approximate surface area is 103 Å². The molecule has 2 heteroatoms. The molecule has 1 aromatic rings. The molecule has 1 saturated heterocycles. The van der Waals surface area contributed by atoms with Gasteiger partial charge < -0.3 is 4.90 Å². The molecule has 0 saturated carbocycles. The Morgan fingerprint density at radius 3 is 2.88 bits per heavy atom. The topological polar surface area (TPSA) is 20.3 Å². The summed E-state index contributed by atoms with van der Waals surface area (Å²) in [5.41, 5.74) is 3.83. The zero-order valence-corrected chi connectivity index (χ0v) is 10.6. The standard InChI is InChI=1S/C15H19NO/c1-4-13-8-15(17)16(9-13)10-14-7-5-6-11(2)12(14)3/h4-7,13H,1,8-10H2,2-3H3. The molecule has 0 radical (unpaired) electrons. The average Bonchev–Trinajstić information content (AvgIpc) is 2.66. The van der Waals surface area contributed by atoms with Crippen LogP contribution in [0.15, 0.2) is 30.9 Å². The number of rotatable bonds is 3. The fourth-order valence-electron chi connectivity index (χ4n) is 2.30. The van der Waals surface area contributed by atoms with Gasteiger partial charge in [-0.1, -0.05) is 24.3 Å². The third-order valence-electron chi connectivity index (χ3n) is 3.66. The second-order valence-electron chi connectivity index (χ2n) is 4.83. The van der Waals surface area contributed by atoms with Crippen molar-refractivity contribution in [3.8, 4) is 0 Å². The number of nitrogens with zero attached hydrogens (tertiary/aromatic N) is 1. The van der Waals surface area contributed by atoms with Crippen molar-refractivity contribution in [3.63, 3.8) is 0 Å². The van der Waals surface area contributed by atoms with E-state index in [1.807, 2.05) is 11.0 Å². The third kappa shape index (κ3) is 2.41. The van der Waals surface area contributed by atoms with Gasteiger partial charge in [0.1, 0.15) is 0 Å². The molecule has 1 aliphatic rings. The number of carbonyl (C=O) groups excluding carboxylic acids is 1. The van der Waals surface area contributed by atoms with Gasteiger partial charge in [0, 0.05) is 25.4 Å². The van der Waals surface area contributed by atoms with E-state index < -0.39 is 0 Å². The van der Waals surface area contributed by atoms with E-state index in [2.05, 4.69) is 38.6 Å². The lowest BCUT2D eigenvalue weighted by molar-refractivity contribution is -0.128. The fraction of sp³-hybridized carbons (Fsp3) is 0.400. The van der Waals surface area contributed by atoms with Crippen molar-refractivity contribution in [2.24, 2.45) is 5.92 Å². The van der Waals surface area contributed by atoms with E-state index >= 15 is 0 Å². The van der Waals surface area contributed by atoms with E-state index in [4.69, 9.17) is 0 Å². The Morgan fingerprint density at radius 2 is 2.24 bits per heavy atom. The maximum absolute atomic E-state index is 11.8. The summed E-state index contributed by atoms with van der Waals surface area (Å²) in [4.78, 5) is 13.8. The zero-order chi connectivity index (χ0) is 12.4. The Kier molecular flexibility index (Phi) is 3.32. The van der Waals surface area contributed by atoms with Crippen molar-refractivity contribution >= 4 is 5.91 Å². The van der Waals surface area contributed by atoms with Crippen LogP contribution in [-0.2, 0) is 11.3 Å². The van der Waals surface area contributed by atoms with Crippen LogP contribution in [0.25, 0.3) is 0 Å². The van der Waals surface area contributed by atoms with Crippen LogP contribution in [0.4, 0.5) is 0 Å². The van der Waals surface area contributed by atoms with Gasteiger partial charge in [0.05, 0.1) is 0 Å². The van der Waals surface area contributed by atoms with E-state index in [1.165, 1.54) is 16.7 Å². The lowest BCUT2D eigenvalue weighted by Crippen LogP contribution is -2.24. The summed E-state index contributed by atoms with van der Waals surface area (Å²) in [5, 5.41) is 0. The Bertz CT molecular complexity index is 450. The highest BCUT2D eigenvalue weighted by Gasteiger charge is 2.27. The van der Waals surface area contributed by atoms with Gasteiger partial charge in [0.2, 0.25) is 5.91 Å². The van der Waals surface area contributed by atoms with Gasteiger partial charge in [-0.2, -0.15) is 0 Å². The number of aryl methyl sites for hydroxylation is 1. The molecule has 0 N–H and O–H groups in total. The minimum absolute atomic E-state index is 0.246. The van der Waals surface area contributed by atoms with E-state index in [9.17, 15) is 4.79 Å². The maximum Gasteiger partial charge on any atom is 0.223 e. The molecule has 1 atom stereocenters. The van der Waals surface area contributed by atoms with Crippen LogP contribution in [0.5, 0.6) is 0 Å². The van der Waals surface area contributed by atoms with Gasteiger partial charge in [-0.15, -0.1) is 6.58 Å². The smallest absolute Gasteiger partial charge is 0.223 e. The van der Waals surface area contributed by atoms with Crippen LogP contribution in [0, 0.1) is 19.8 Å². The quantitative estimate of drug-likeness (QED) is 0.730. The highest BCUT2D eigenvalue weighted by Crippen LogP contribution is 2.22. The summed E-state index contributed by atoms with van der Waals surface area (Å²) >= 11 is 0. The summed E-state index contributed by atoms with van der Waals surface area (Å²) < 4.78 is 0.